The fraction of sp³-hybridized carbons (Fsp3) is 0.286. The molecule has 6 heteroatoms. The second-order valence-corrected chi connectivity index (χ2v) is 7.15. The predicted octanol–water partition coefficient (Wildman–Crippen LogP) is 5.54. The Labute approximate surface area is 154 Å². The Morgan fingerprint density at radius 3 is 2.52 bits per heavy atom. The number of aryl methyl sites for hydroxylation is 1. The summed E-state index contributed by atoms with van der Waals surface area (Å²) in [5, 5.41) is 12.4. The van der Waals surface area contributed by atoms with Crippen molar-refractivity contribution in [2.45, 2.75) is 31.5 Å². The van der Waals surface area contributed by atoms with E-state index in [1.807, 2.05) is 0 Å². The Hall–Kier alpha value is -2.76. The molecule has 3 atom stereocenters. The molecule has 0 saturated heterocycles. The number of nitrogens with one attached hydrogen (secondary N) is 1. The minimum atomic E-state index is -4.40. The monoisotopic (exact) mass is 373 g/mol. The lowest BCUT2D eigenvalue weighted by Gasteiger charge is -2.38. The molecule has 3 nitrogen and oxygen atoms in total. The number of fused-ring (bicyclic) bond motifs is 3. The highest BCUT2D eigenvalue weighted by Crippen LogP contribution is 2.51. The van der Waals surface area contributed by atoms with Crippen molar-refractivity contribution >= 4 is 11.7 Å². The van der Waals surface area contributed by atoms with Gasteiger partial charge in [0.1, 0.15) is 0 Å². The lowest BCUT2D eigenvalue weighted by atomic mass is 9.76. The molecule has 0 aromatic heterocycles. The van der Waals surface area contributed by atoms with Crippen LogP contribution in [0.5, 0.6) is 0 Å². The number of aromatic carboxylic acids is 1. The molecular weight excluding hydrogens is 355 g/mol. The molecule has 1 aliphatic carbocycles. The quantitative estimate of drug-likeness (QED) is 0.680. The molecule has 1 heterocycles. The second-order valence-electron chi connectivity index (χ2n) is 7.15. The number of carboxylic acid groups (broad SMARTS) is 1. The fourth-order valence-electron chi connectivity index (χ4n) is 4.22. The van der Waals surface area contributed by atoms with Crippen LogP contribution in [-0.4, -0.2) is 11.1 Å². The van der Waals surface area contributed by atoms with Crippen LogP contribution in [-0.2, 0) is 6.18 Å². The van der Waals surface area contributed by atoms with E-state index in [0.29, 0.717) is 5.69 Å². The summed E-state index contributed by atoms with van der Waals surface area (Å²) in [5.74, 6) is -0.773. The maximum Gasteiger partial charge on any atom is 0.416 e. The molecule has 2 N–H and O–H groups in total. The average molecular weight is 373 g/mol. The standard InChI is InChI=1S/C21H18F3NO2/c1-11-9-16-14-3-2-4-15(14)19(12-5-7-13(8-6-12)20(26)27)25-18(16)10-17(11)21(22,23)24/h2-3,5-10,14-15,19,25H,4H2,1H3,(H,26,27)/t14-,15+,19+/m0/s1. The van der Waals surface area contributed by atoms with E-state index in [9.17, 15) is 18.0 Å². The van der Waals surface area contributed by atoms with E-state index in [4.69, 9.17) is 5.11 Å². The molecule has 0 spiro atoms. The summed E-state index contributed by atoms with van der Waals surface area (Å²) >= 11 is 0. The highest BCUT2D eigenvalue weighted by molar-refractivity contribution is 5.87. The molecular formula is C21H18F3NO2. The van der Waals surface area contributed by atoms with Gasteiger partial charge in [-0.2, -0.15) is 13.2 Å². The van der Waals surface area contributed by atoms with Crippen LogP contribution in [0.15, 0.2) is 48.6 Å². The van der Waals surface area contributed by atoms with Gasteiger partial charge in [-0.3, -0.25) is 0 Å². The van der Waals surface area contributed by atoms with E-state index in [1.165, 1.54) is 25.1 Å². The van der Waals surface area contributed by atoms with Crippen molar-refractivity contribution in [1.29, 1.82) is 0 Å². The SMILES string of the molecule is Cc1cc2c(cc1C(F)(F)F)N[C@H](c1ccc(C(=O)O)cc1)[C@@H]1CC=C[C@H]21. The van der Waals surface area contributed by atoms with Crippen molar-refractivity contribution in [2.75, 3.05) is 5.32 Å². The molecule has 1 aliphatic heterocycles. The summed E-state index contributed by atoms with van der Waals surface area (Å²) in [4.78, 5) is 11.1. The smallest absolute Gasteiger partial charge is 0.416 e. The van der Waals surface area contributed by atoms with Crippen molar-refractivity contribution in [3.8, 4) is 0 Å². The molecule has 0 amide bonds. The minimum absolute atomic E-state index is 0.0476. The Bertz CT molecular complexity index is 932. The average Bonchev–Trinajstić information content (AvgIpc) is 3.10. The van der Waals surface area contributed by atoms with Crippen molar-refractivity contribution in [3.63, 3.8) is 0 Å². The van der Waals surface area contributed by atoms with E-state index in [0.717, 1.165) is 17.5 Å². The molecule has 0 unspecified atom stereocenters. The van der Waals surface area contributed by atoms with Gasteiger partial charge < -0.3 is 10.4 Å². The molecule has 27 heavy (non-hydrogen) atoms. The number of alkyl halides is 3. The molecule has 4 rings (SSSR count). The topological polar surface area (TPSA) is 49.3 Å². The summed E-state index contributed by atoms with van der Waals surface area (Å²) in [6.45, 7) is 1.49. The maximum atomic E-state index is 13.3. The minimum Gasteiger partial charge on any atom is -0.478 e. The third kappa shape index (κ3) is 2.99. The molecule has 0 fully saturated rings. The van der Waals surface area contributed by atoms with Gasteiger partial charge in [0.15, 0.2) is 0 Å². The lowest BCUT2D eigenvalue weighted by Crippen LogP contribution is -2.29. The van der Waals surface area contributed by atoms with E-state index in [2.05, 4.69) is 17.5 Å². The Morgan fingerprint density at radius 1 is 1.19 bits per heavy atom. The van der Waals surface area contributed by atoms with Gasteiger partial charge in [-0.05, 0) is 54.2 Å². The maximum absolute atomic E-state index is 13.3. The summed E-state index contributed by atoms with van der Waals surface area (Å²) in [6, 6.07) is 9.20. The van der Waals surface area contributed by atoms with Crippen LogP contribution in [0, 0.1) is 12.8 Å². The van der Waals surface area contributed by atoms with Gasteiger partial charge in [-0.15, -0.1) is 0 Å². The number of hydrogen-bond acceptors (Lipinski definition) is 2. The number of halogens is 3. The fourth-order valence-corrected chi connectivity index (χ4v) is 4.22. The number of anilines is 1. The van der Waals surface area contributed by atoms with E-state index in [-0.39, 0.29) is 29.0 Å². The predicted molar refractivity (Wildman–Crippen MR) is 95.9 cm³/mol. The number of allylic oxidation sites excluding steroid dienone is 2. The van der Waals surface area contributed by atoms with E-state index >= 15 is 0 Å². The van der Waals surface area contributed by atoms with Gasteiger partial charge in [-0.25, -0.2) is 4.79 Å². The molecule has 2 aromatic carbocycles. The first-order chi connectivity index (χ1) is 12.8. The lowest BCUT2D eigenvalue weighted by molar-refractivity contribution is -0.138. The zero-order chi connectivity index (χ0) is 19.3. The molecule has 0 radical (unpaired) electrons. The molecule has 2 aromatic rings. The number of carbonyl (C=O) groups is 1. The first kappa shape index (κ1) is 17.6. The first-order valence-corrected chi connectivity index (χ1v) is 8.74. The van der Waals surface area contributed by atoms with Crippen LogP contribution in [0.25, 0.3) is 0 Å². The third-order valence-corrected chi connectivity index (χ3v) is 5.53. The van der Waals surface area contributed by atoms with E-state index in [1.54, 1.807) is 18.2 Å². The van der Waals surface area contributed by atoms with Crippen LogP contribution < -0.4 is 5.32 Å². The highest BCUT2D eigenvalue weighted by Gasteiger charge is 2.40. The van der Waals surface area contributed by atoms with Crippen LogP contribution in [0.4, 0.5) is 18.9 Å². The summed E-state index contributed by atoms with van der Waals surface area (Å²) in [7, 11) is 0. The van der Waals surface area contributed by atoms with Crippen molar-refractivity contribution < 1.29 is 23.1 Å². The zero-order valence-corrected chi connectivity index (χ0v) is 14.5. The molecule has 140 valence electrons. The van der Waals surface area contributed by atoms with E-state index < -0.39 is 17.7 Å². The summed E-state index contributed by atoms with van der Waals surface area (Å²) in [5.41, 5.74) is 2.04. The summed E-state index contributed by atoms with van der Waals surface area (Å²) in [6.07, 6.45) is 0.553. The summed E-state index contributed by atoms with van der Waals surface area (Å²) < 4.78 is 40.0. The third-order valence-electron chi connectivity index (χ3n) is 5.53. The second kappa shape index (κ2) is 6.15. The van der Waals surface area contributed by atoms with Gasteiger partial charge >= 0.3 is 12.1 Å². The van der Waals surface area contributed by atoms with Crippen LogP contribution in [0.3, 0.4) is 0 Å². The van der Waals surface area contributed by atoms with Crippen molar-refractivity contribution in [3.05, 3.63) is 76.4 Å². The van der Waals surface area contributed by atoms with Crippen molar-refractivity contribution in [2.24, 2.45) is 5.92 Å². The van der Waals surface area contributed by atoms with Gasteiger partial charge in [0.05, 0.1) is 17.2 Å². The molecule has 0 bridgehead atoms. The van der Waals surface area contributed by atoms with Crippen LogP contribution in [0.1, 0.15) is 51.0 Å². The number of carboxylic acids is 1. The van der Waals surface area contributed by atoms with Crippen LogP contribution in [0.2, 0.25) is 0 Å². The normalized spacial score (nSPS) is 23.5. The Balaban J connectivity index is 1.77. The number of benzene rings is 2. The molecule has 2 aliphatic rings. The highest BCUT2D eigenvalue weighted by atomic mass is 19.4. The largest absolute Gasteiger partial charge is 0.478 e. The zero-order valence-electron chi connectivity index (χ0n) is 14.5. The first-order valence-electron chi connectivity index (χ1n) is 8.74. The van der Waals surface area contributed by atoms with Gasteiger partial charge in [0.25, 0.3) is 0 Å². The number of rotatable bonds is 2. The Kier molecular flexibility index (Phi) is 4.02. The Morgan fingerprint density at radius 2 is 1.89 bits per heavy atom. The number of hydrogen-bond donors (Lipinski definition) is 2. The van der Waals surface area contributed by atoms with Gasteiger partial charge in [-0.1, -0.05) is 30.4 Å². The van der Waals surface area contributed by atoms with Gasteiger partial charge in [0, 0.05) is 11.6 Å². The molecule has 0 saturated carbocycles. The van der Waals surface area contributed by atoms with Crippen LogP contribution >= 0.6 is 0 Å². The van der Waals surface area contributed by atoms with Gasteiger partial charge in [0.2, 0.25) is 0 Å². The van der Waals surface area contributed by atoms with Crippen molar-refractivity contribution in [1.82, 2.24) is 0 Å².